The van der Waals surface area contributed by atoms with Gasteiger partial charge in [-0.3, -0.25) is 29.6 Å². The molecule has 2 aliphatic rings. The van der Waals surface area contributed by atoms with Crippen molar-refractivity contribution < 1.29 is 29.2 Å². The quantitative estimate of drug-likeness (QED) is 0.253. The van der Waals surface area contributed by atoms with Gasteiger partial charge in [-0.05, 0) is 56.6 Å². The van der Waals surface area contributed by atoms with Crippen molar-refractivity contribution in [3.63, 3.8) is 0 Å². The fourth-order valence-electron chi connectivity index (χ4n) is 5.66. The highest BCUT2D eigenvalue weighted by Gasteiger charge is 2.45. The van der Waals surface area contributed by atoms with E-state index in [-0.39, 0.29) is 18.2 Å². The van der Waals surface area contributed by atoms with Crippen molar-refractivity contribution in [3.05, 3.63) is 75.8 Å². The first-order valence-corrected chi connectivity index (χ1v) is 13.8. The summed E-state index contributed by atoms with van der Waals surface area (Å²) >= 11 is 0. The monoisotopic (exact) mass is 552 g/mol. The summed E-state index contributed by atoms with van der Waals surface area (Å²) in [5.74, 6) is -1.80. The first-order chi connectivity index (χ1) is 19.3. The van der Waals surface area contributed by atoms with Crippen LogP contribution >= 0.6 is 0 Å². The van der Waals surface area contributed by atoms with E-state index in [9.17, 15) is 29.6 Å². The Morgan fingerprint density at radius 1 is 1.07 bits per heavy atom. The van der Waals surface area contributed by atoms with Gasteiger partial charge in [-0.25, -0.2) is 9.80 Å². The standard InChI is InChI=1S/C29H36N4O7/c1-2-40-29(37)26(17-14-21-12-15-23(16-13-21)33(38)39)31(20-22-8-4-3-5-9-22)24-10-6-18-30-19-7-11-25(28(35)36)32(30)27(24)34/h3-5,8-9,12-13,15-16,24-26H,2,6-7,10-11,14,17-20H2,1H3,(H,35,36)/t24-,25-,26-/m0/s1. The molecule has 0 aromatic heterocycles. The van der Waals surface area contributed by atoms with Crippen LogP contribution in [0.2, 0.25) is 0 Å². The maximum Gasteiger partial charge on any atom is 0.328 e. The van der Waals surface area contributed by atoms with Gasteiger partial charge in [0, 0.05) is 31.8 Å². The van der Waals surface area contributed by atoms with Gasteiger partial charge in [-0.2, -0.15) is 0 Å². The van der Waals surface area contributed by atoms with Crippen LogP contribution < -0.4 is 0 Å². The van der Waals surface area contributed by atoms with E-state index in [0.29, 0.717) is 58.2 Å². The Balaban J connectivity index is 1.68. The Bertz CT molecular complexity index is 1190. The number of carboxylic acid groups (broad SMARTS) is 1. The van der Waals surface area contributed by atoms with Crippen molar-refractivity contribution in [1.29, 1.82) is 0 Å². The SMILES string of the molecule is CCOC(=O)[C@H](CCc1ccc([N+](=O)[O-])cc1)N(Cc1ccccc1)[C@H]1CCCN2CCC[C@@H](C(=O)O)N2C1=O. The Morgan fingerprint density at radius 2 is 1.75 bits per heavy atom. The number of benzene rings is 2. The van der Waals surface area contributed by atoms with Gasteiger partial charge < -0.3 is 9.84 Å². The molecule has 11 nitrogen and oxygen atoms in total. The second-order valence-electron chi connectivity index (χ2n) is 10.2. The molecule has 2 fully saturated rings. The first-order valence-electron chi connectivity index (χ1n) is 13.8. The molecular weight excluding hydrogens is 516 g/mol. The zero-order valence-electron chi connectivity index (χ0n) is 22.7. The van der Waals surface area contributed by atoms with Crippen LogP contribution in [0, 0.1) is 10.1 Å². The van der Waals surface area contributed by atoms with Crippen LogP contribution in [0.15, 0.2) is 54.6 Å². The minimum Gasteiger partial charge on any atom is -0.480 e. The number of aryl methyl sites for hydroxylation is 1. The van der Waals surface area contributed by atoms with Crippen molar-refractivity contribution in [1.82, 2.24) is 14.9 Å². The number of nitro benzene ring substituents is 1. The molecule has 214 valence electrons. The van der Waals surface area contributed by atoms with E-state index in [1.54, 1.807) is 19.1 Å². The van der Waals surface area contributed by atoms with Crippen LogP contribution in [0.4, 0.5) is 5.69 Å². The Morgan fingerprint density at radius 3 is 2.38 bits per heavy atom. The molecule has 3 atom stereocenters. The topological polar surface area (TPSA) is 134 Å². The van der Waals surface area contributed by atoms with E-state index < -0.39 is 35.0 Å². The minimum absolute atomic E-state index is 0.0143. The first kappa shape index (κ1) is 29.2. The number of hydrogen-bond acceptors (Lipinski definition) is 8. The summed E-state index contributed by atoms with van der Waals surface area (Å²) in [5, 5.41) is 24.3. The molecule has 0 radical (unpaired) electrons. The summed E-state index contributed by atoms with van der Waals surface area (Å²) in [6.45, 7) is 3.38. The Labute approximate surface area is 233 Å². The molecule has 4 rings (SSSR count). The molecule has 11 heteroatoms. The number of amides is 1. The van der Waals surface area contributed by atoms with Gasteiger partial charge in [-0.1, -0.05) is 42.5 Å². The van der Waals surface area contributed by atoms with Gasteiger partial charge in [0.15, 0.2) is 0 Å². The van der Waals surface area contributed by atoms with Crippen molar-refractivity contribution in [2.45, 2.75) is 70.1 Å². The molecule has 0 spiro atoms. The van der Waals surface area contributed by atoms with E-state index in [1.807, 2.05) is 40.2 Å². The average Bonchev–Trinajstić information content (AvgIpc) is 3.12. The molecule has 0 bridgehead atoms. The number of carbonyl (C=O) groups is 3. The summed E-state index contributed by atoms with van der Waals surface area (Å²) in [5.41, 5.74) is 1.72. The summed E-state index contributed by atoms with van der Waals surface area (Å²) in [6, 6.07) is 13.3. The second kappa shape index (κ2) is 13.5. The van der Waals surface area contributed by atoms with Crippen LogP contribution in [-0.2, 0) is 32.1 Å². The highest BCUT2D eigenvalue weighted by Crippen LogP contribution is 2.29. The third kappa shape index (κ3) is 6.83. The highest BCUT2D eigenvalue weighted by molar-refractivity contribution is 5.88. The van der Waals surface area contributed by atoms with E-state index in [2.05, 4.69) is 0 Å². The lowest BCUT2D eigenvalue weighted by Gasteiger charge is -2.44. The zero-order valence-corrected chi connectivity index (χ0v) is 22.7. The molecule has 2 aromatic carbocycles. The van der Waals surface area contributed by atoms with Crippen molar-refractivity contribution >= 4 is 23.5 Å². The maximum absolute atomic E-state index is 14.2. The molecule has 0 aliphatic carbocycles. The summed E-state index contributed by atoms with van der Waals surface area (Å²) < 4.78 is 5.49. The predicted octanol–water partition coefficient (Wildman–Crippen LogP) is 3.42. The molecule has 2 aliphatic heterocycles. The number of carboxylic acids is 1. The number of hydrogen-bond donors (Lipinski definition) is 1. The van der Waals surface area contributed by atoms with Gasteiger partial charge in [-0.15, -0.1) is 0 Å². The van der Waals surface area contributed by atoms with Crippen LogP contribution in [0.5, 0.6) is 0 Å². The molecule has 0 saturated carbocycles. The van der Waals surface area contributed by atoms with Crippen molar-refractivity contribution in [3.8, 4) is 0 Å². The normalized spacial score (nSPS) is 20.4. The second-order valence-corrected chi connectivity index (χ2v) is 10.2. The predicted molar refractivity (Wildman–Crippen MR) is 146 cm³/mol. The van der Waals surface area contributed by atoms with E-state index in [0.717, 1.165) is 11.1 Å². The lowest BCUT2D eigenvalue weighted by Crippen LogP contribution is -2.62. The molecule has 2 aromatic rings. The van der Waals surface area contributed by atoms with E-state index in [1.165, 1.54) is 17.1 Å². The van der Waals surface area contributed by atoms with Gasteiger partial charge >= 0.3 is 11.9 Å². The Kier molecular flexibility index (Phi) is 9.84. The summed E-state index contributed by atoms with van der Waals surface area (Å²) in [6.07, 6.45) is 2.96. The molecular formula is C29H36N4O7. The zero-order chi connectivity index (χ0) is 28.6. The van der Waals surface area contributed by atoms with Gasteiger partial charge in [0.25, 0.3) is 11.6 Å². The molecule has 2 heterocycles. The molecule has 0 unspecified atom stereocenters. The van der Waals surface area contributed by atoms with Gasteiger partial charge in [0.05, 0.1) is 17.6 Å². The largest absolute Gasteiger partial charge is 0.480 e. The molecule has 40 heavy (non-hydrogen) atoms. The smallest absolute Gasteiger partial charge is 0.328 e. The number of esters is 1. The number of hydrazine groups is 1. The number of nitrogens with zero attached hydrogens (tertiary/aromatic N) is 4. The fraction of sp³-hybridized carbons (Fsp3) is 0.483. The third-order valence-electron chi connectivity index (χ3n) is 7.60. The molecule has 1 amide bonds. The summed E-state index contributed by atoms with van der Waals surface area (Å²) in [7, 11) is 0. The minimum atomic E-state index is -1.03. The number of ether oxygens (including phenoxy) is 1. The van der Waals surface area contributed by atoms with Gasteiger partial charge in [0.1, 0.15) is 12.1 Å². The number of carbonyl (C=O) groups excluding carboxylic acids is 2. The fourth-order valence-corrected chi connectivity index (χ4v) is 5.66. The summed E-state index contributed by atoms with van der Waals surface area (Å²) in [4.78, 5) is 52.2. The van der Waals surface area contributed by atoms with Crippen LogP contribution in [0.1, 0.15) is 50.2 Å². The average molecular weight is 553 g/mol. The van der Waals surface area contributed by atoms with Crippen LogP contribution in [0.25, 0.3) is 0 Å². The number of non-ortho nitro benzene ring substituents is 1. The van der Waals surface area contributed by atoms with Crippen LogP contribution in [0.3, 0.4) is 0 Å². The highest BCUT2D eigenvalue weighted by atomic mass is 16.6. The van der Waals surface area contributed by atoms with Crippen molar-refractivity contribution in [2.75, 3.05) is 19.7 Å². The number of rotatable bonds is 11. The lowest BCUT2D eigenvalue weighted by atomic mass is 9.98. The number of fused-ring (bicyclic) bond motifs is 1. The van der Waals surface area contributed by atoms with Crippen LogP contribution in [-0.4, -0.2) is 80.6 Å². The number of nitro groups is 1. The molecule has 2 saturated heterocycles. The third-order valence-corrected chi connectivity index (χ3v) is 7.60. The lowest BCUT2D eigenvalue weighted by molar-refractivity contribution is -0.384. The number of aliphatic carboxylic acids is 1. The van der Waals surface area contributed by atoms with Gasteiger partial charge in [0.2, 0.25) is 0 Å². The maximum atomic E-state index is 14.2. The van der Waals surface area contributed by atoms with E-state index >= 15 is 0 Å². The van der Waals surface area contributed by atoms with Crippen molar-refractivity contribution in [2.24, 2.45) is 0 Å². The Hall–Kier alpha value is -3.83. The van der Waals surface area contributed by atoms with E-state index in [4.69, 9.17) is 4.74 Å². The molecule has 1 N–H and O–H groups in total.